The molecule has 4 rings (SSSR count). The predicted octanol–water partition coefficient (Wildman–Crippen LogP) is 2.21. The van der Waals surface area contributed by atoms with Gasteiger partial charge in [-0.2, -0.15) is 0 Å². The zero-order chi connectivity index (χ0) is 17.4. The molecule has 0 spiro atoms. The van der Waals surface area contributed by atoms with Crippen LogP contribution in [0.4, 0.5) is 0 Å². The second kappa shape index (κ2) is 6.31. The Morgan fingerprint density at radius 2 is 2.16 bits per heavy atom. The second-order valence-electron chi connectivity index (χ2n) is 6.67. The topological polar surface area (TPSA) is 77.1 Å². The number of hydrogen-bond acceptors (Lipinski definition) is 5. The van der Waals surface area contributed by atoms with Crippen molar-refractivity contribution in [3.8, 4) is 0 Å². The van der Waals surface area contributed by atoms with Gasteiger partial charge in [0.25, 0.3) is 0 Å². The minimum absolute atomic E-state index is 0.0715. The molecular formula is C18H21N5O2. The summed E-state index contributed by atoms with van der Waals surface area (Å²) in [6.45, 7) is 3.28. The van der Waals surface area contributed by atoms with Crippen LogP contribution in [-0.2, 0) is 18.3 Å². The molecule has 2 aromatic heterocycles. The quantitative estimate of drug-likeness (QED) is 0.731. The molecule has 3 aromatic rings. The molecule has 7 nitrogen and oxygen atoms in total. The smallest absolute Gasteiger partial charge is 0.228 e. The lowest BCUT2D eigenvalue weighted by Crippen LogP contribution is -2.40. The van der Waals surface area contributed by atoms with E-state index >= 15 is 0 Å². The van der Waals surface area contributed by atoms with Crippen LogP contribution in [0.25, 0.3) is 11.0 Å². The molecule has 1 atom stereocenters. The molecule has 1 aromatic carbocycles. The molecule has 3 heterocycles. The summed E-state index contributed by atoms with van der Waals surface area (Å²) in [5.74, 6) is 1.38. The number of amides is 1. The number of piperidine rings is 1. The Hall–Kier alpha value is -2.70. The highest BCUT2D eigenvalue weighted by atomic mass is 16.6. The first kappa shape index (κ1) is 15.8. The molecule has 0 bridgehead atoms. The van der Waals surface area contributed by atoms with Crippen LogP contribution in [0.2, 0.25) is 0 Å². The summed E-state index contributed by atoms with van der Waals surface area (Å²) in [5.41, 5.74) is 3.44. The van der Waals surface area contributed by atoms with Gasteiger partial charge in [-0.25, -0.2) is 9.61 Å². The highest BCUT2D eigenvalue weighted by molar-refractivity contribution is 5.79. The van der Waals surface area contributed by atoms with E-state index in [2.05, 4.69) is 32.6 Å². The third-order valence-electron chi connectivity index (χ3n) is 5.03. The van der Waals surface area contributed by atoms with Crippen molar-refractivity contribution in [1.29, 1.82) is 0 Å². The molecular weight excluding hydrogens is 318 g/mol. The van der Waals surface area contributed by atoms with E-state index in [1.54, 1.807) is 6.92 Å². The molecule has 0 saturated carbocycles. The van der Waals surface area contributed by atoms with Crippen molar-refractivity contribution in [3.63, 3.8) is 0 Å². The Balaban J connectivity index is 1.53. The highest BCUT2D eigenvalue weighted by Crippen LogP contribution is 2.28. The largest absolute Gasteiger partial charge is 0.342 e. The van der Waals surface area contributed by atoms with Gasteiger partial charge in [0.15, 0.2) is 0 Å². The Kier molecular flexibility index (Phi) is 3.99. The van der Waals surface area contributed by atoms with Crippen LogP contribution in [0.1, 0.15) is 36.0 Å². The van der Waals surface area contributed by atoms with Gasteiger partial charge in [0, 0.05) is 26.1 Å². The summed E-state index contributed by atoms with van der Waals surface area (Å²) in [6.07, 6.45) is 2.27. The van der Waals surface area contributed by atoms with Crippen molar-refractivity contribution in [2.75, 3.05) is 13.1 Å². The van der Waals surface area contributed by atoms with Crippen molar-refractivity contribution in [2.24, 2.45) is 7.05 Å². The van der Waals surface area contributed by atoms with Crippen molar-refractivity contribution >= 4 is 16.9 Å². The number of imidazole rings is 1. The number of fused-ring (bicyclic) bond motifs is 1. The van der Waals surface area contributed by atoms with Crippen LogP contribution >= 0.6 is 0 Å². The second-order valence-corrected chi connectivity index (χ2v) is 6.67. The molecule has 1 fully saturated rings. The van der Waals surface area contributed by atoms with E-state index in [0.29, 0.717) is 17.9 Å². The fourth-order valence-electron chi connectivity index (χ4n) is 3.61. The molecule has 0 radical (unpaired) electrons. The minimum Gasteiger partial charge on any atom is -0.342 e. The summed E-state index contributed by atoms with van der Waals surface area (Å²) in [4.78, 5) is 19.4. The van der Waals surface area contributed by atoms with Crippen LogP contribution in [-0.4, -0.2) is 43.8 Å². The fraction of sp³-hybridized carbons (Fsp3) is 0.444. The maximum absolute atomic E-state index is 12.6. The summed E-state index contributed by atoms with van der Waals surface area (Å²) in [7, 11) is 2.05. The number of rotatable bonds is 3. The van der Waals surface area contributed by atoms with Gasteiger partial charge in [-0.3, -0.25) is 4.79 Å². The molecule has 1 saturated heterocycles. The number of likely N-dealkylation sites (tertiary alicyclic amines) is 1. The van der Waals surface area contributed by atoms with Crippen LogP contribution < -0.4 is 0 Å². The Morgan fingerprint density at radius 1 is 1.32 bits per heavy atom. The van der Waals surface area contributed by atoms with E-state index in [0.717, 1.165) is 36.2 Å². The number of aromatic nitrogens is 4. The van der Waals surface area contributed by atoms with Gasteiger partial charge in [0.1, 0.15) is 17.2 Å². The Morgan fingerprint density at radius 3 is 2.92 bits per heavy atom. The lowest BCUT2D eigenvalue weighted by atomic mass is 9.96. The molecule has 1 amide bonds. The van der Waals surface area contributed by atoms with E-state index in [1.807, 2.05) is 23.1 Å². The molecule has 0 aliphatic carbocycles. The van der Waals surface area contributed by atoms with Crippen LogP contribution in [0.15, 0.2) is 28.9 Å². The third kappa shape index (κ3) is 2.90. The zero-order valence-electron chi connectivity index (χ0n) is 14.5. The molecule has 0 N–H and O–H groups in total. The number of carbonyl (C=O) groups excluding carboxylic acids is 1. The lowest BCUT2D eigenvalue weighted by Gasteiger charge is -2.32. The van der Waals surface area contributed by atoms with Crippen molar-refractivity contribution in [2.45, 2.75) is 32.1 Å². The van der Waals surface area contributed by atoms with Crippen LogP contribution in [0.5, 0.6) is 0 Å². The van der Waals surface area contributed by atoms with Gasteiger partial charge in [0.05, 0.1) is 17.5 Å². The molecule has 0 unspecified atom stereocenters. The van der Waals surface area contributed by atoms with Crippen molar-refractivity contribution < 1.29 is 9.42 Å². The molecule has 1 aliphatic rings. The number of para-hydroxylation sites is 2. The molecule has 7 heteroatoms. The van der Waals surface area contributed by atoms with E-state index in [1.165, 1.54) is 0 Å². The van der Waals surface area contributed by atoms with Gasteiger partial charge >= 0.3 is 0 Å². The van der Waals surface area contributed by atoms with E-state index in [9.17, 15) is 4.79 Å². The van der Waals surface area contributed by atoms with Crippen molar-refractivity contribution in [3.05, 3.63) is 41.5 Å². The highest BCUT2D eigenvalue weighted by Gasteiger charge is 2.28. The van der Waals surface area contributed by atoms with Gasteiger partial charge < -0.3 is 9.47 Å². The van der Waals surface area contributed by atoms with Gasteiger partial charge in [-0.1, -0.05) is 22.4 Å². The minimum atomic E-state index is 0.0715. The van der Waals surface area contributed by atoms with Gasteiger partial charge in [0.2, 0.25) is 5.91 Å². The average molecular weight is 339 g/mol. The maximum Gasteiger partial charge on any atom is 0.228 e. The molecule has 25 heavy (non-hydrogen) atoms. The van der Waals surface area contributed by atoms with E-state index < -0.39 is 0 Å². The number of nitrogens with zero attached hydrogens (tertiary/aromatic N) is 5. The first-order chi connectivity index (χ1) is 12.1. The first-order valence-electron chi connectivity index (χ1n) is 8.60. The summed E-state index contributed by atoms with van der Waals surface area (Å²) in [5, 5.41) is 7.56. The predicted molar refractivity (Wildman–Crippen MR) is 92.0 cm³/mol. The SMILES string of the molecule is Cc1nonc1CC(=O)N1CCC[C@H](c2nc3ccccc3n2C)C1. The summed E-state index contributed by atoms with van der Waals surface area (Å²) in [6, 6.07) is 8.14. The third-order valence-corrected chi connectivity index (χ3v) is 5.03. The lowest BCUT2D eigenvalue weighted by molar-refractivity contribution is -0.131. The number of hydrogen-bond donors (Lipinski definition) is 0. The fourth-order valence-corrected chi connectivity index (χ4v) is 3.61. The number of carbonyl (C=O) groups is 1. The average Bonchev–Trinajstić information content (AvgIpc) is 3.19. The van der Waals surface area contributed by atoms with Crippen LogP contribution in [0, 0.1) is 6.92 Å². The monoisotopic (exact) mass is 339 g/mol. The van der Waals surface area contributed by atoms with E-state index in [-0.39, 0.29) is 18.2 Å². The first-order valence-corrected chi connectivity index (χ1v) is 8.60. The number of aryl methyl sites for hydroxylation is 2. The summed E-state index contributed by atoms with van der Waals surface area (Å²) < 4.78 is 6.84. The van der Waals surface area contributed by atoms with E-state index in [4.69, 9.17) is 4.98 Å². The molecule has 130 valence electrons. The van der Waals surface area contributed by atoms with Crippen LogP contribution in [0.3, 0.4) is 0 Å². The van der Waals surface area contributed by atoms with Crippen molar-refractivity contribution in [1.82, 2.24) is 24.8 Å². The standard InChI is InChI=1S/C18H21N5O2/c1-12-15(21-25-20-12)10-17(24)23-9-5-6-13(11-23)18-19-14-7-3-4-8-16(14)22(18)2/h3-4,7-8,13H,5-6,9-11H2,1-2H3/t13-/m0/s1. The van der Waals surface area contributed by atoms with Gasteiger partial charge in [-0.05, 0) is 31.9 Å². The Labute approximate surface area is 145 Å². The molecule has 1 aliphatic heterocycles. The maximum atomic E-state index is 12.6. The number of benzene rings is 1. The van der Waals surface area contributed by atoms with Gasteiger partial charge in [-0.15, -0.1) is 0 Å². The zero-order valence-corrected chi connectivity index (χ0v) is 14.5. The Bertz CT molecular complexity index is 913. The summed E-state index contributed by atoms with van der Waals surface area (Å²) >= 11 is 0. The normalized spacial score (nSPS) is 18.0.